The van der Waals surface area contributed by atoms with Crippen LogP contribution in [-0.4, -0.2) is 17.2 Å². The Labute approximate surface area is 128 Å². The Kier molecular flexibility index (Phi) is 3.45. The van der Waals surface area contributed by atoms with Crippen molar-refractivity contribution in [2.45, 2.75) is 13.8 Å². The maximum atomic E-state index is 13.6. The molecule has 1 aromatic heterocycles. The molecule has 2 aromatic carbocycles. The summed E-state index contributed by atoms with van der Waals surface area (Å²) >= 11 is 0. The van der Waals surface area contributed by atoms with Gasteiger partial charge in [0.1, 0.15) is 17.3 Å². The Hall–Kier alpha value is -2.62. The van der Waals surface area contributed by atoms with Gasteiger partial charge < -0.3 is 9.84 Å². The highest BCUT2D eigenvalue weighted by atomic mass is 19.1. The molecule has 0 radical (unpaired) electrons. The second-order valence-electron chi connectivity index (χ2n) is 5.33. The summed E-state index contributed by atoms with van der Waals surface area (Å²) in [5.74, 6) is 0.507. The highest BCUT2D eigenvalue weighted by molar-refractivity contribution is 5.88. The molecule has 1 N–H and O–H groups in total. The summed E-state index contributed by atoms with van der Waals surface area (Å²) < 4.78 is 18.9. The molecule has 3 nitrogen and oxygen atoms in total. The van der Waals surface area contributed by atoms with Crippen LogP contribution in [0.15, 0.2) is 36.4 Å². The van der Waals surface area contributed by atoms with Gasteiger partial charge in [-0.1, -0.05) is 0 Å². The normalized spacial score (nSPS) is 10.9. The van der Waals surface area contributed by atoms with E-state index in [1.165, 1.54) is 12.1 Å². The molecule has 0 fully saturated rings. The second-order valence-corrected chi connectivity index (χ2v) is 5.33. The van der Waals surface area contributed by atoms with E-state index in [2.05, 4.69) is 4.98 Å². The van der Waals surface area contributed by atoms with Gasteiger partial charge in [-0.3, -0.25) is 0 Å². The summed E-state index contributed by atoms with van der Waals surface area (Å²) in [6.45, 7) is 3.75. The van der Waals surface area contributed by atoms with Crippen molar-refractivity contribution in [3.8, 4) is 22.8 Å². The molecule has 112 valence electrons. The van der Waals surface area contributed by atoms with Crippen LogP contribution in [0.25, 0.3) is 22.2 Å². The van der Waals surface area contributed by atoms with Gasteiger partial charge >= 0.3 is 0 Å². The van der Waals surface area contributed by atoms with Crippen LogP contribution in [0.4, 0.5) is 4.39 Å². The van der Waals surface area contributed by atoms with Crippen molar-refractivity contribution >= 4 is 10.9 Å². The maximum absolute atomic E-state index is 13.6. The van der Waals surface area contributed by atoms with Crippen LogP contribution in [0.1, 0.15) is 11.1 Å². The molecule has 0 aliphatic heterocycles. The largest absolute Gasteiger partial charge is 0.508 e. The van der Waals surface area contributed by atoms with Crippen LogP contribution in [0.5, 0.6) is 11.5 Å². The average Bonchev–Trinajstić information content (AvgIpc) is 2.48. The highest BCUT2D eigenvalue weighted by Gasteiger charge is 2.12. The van der Waals surface area contributed by atoms with Crippen LogP contribution in [-0.2, 0) is 0 Å². The lowest BCUT2D eigenvalue weighted by atomic mass is 10.0. The zero-order valence-electron chi connectivity index (χ0n) is 12.6. The minimum atomic E-state index is -0.266. The first-order chi connectivity index (χ1) is 10.5. The fourth-order valence-corrected chi connectivity index (χ4v) is 2.65. The minimum absolute atomic E-state index is 0.145. The van der Waals surface area contributed by atoms with E-state index in [0.29, 0.717) is 17.0 Å². The third-order valence-electron chi connectivity index (χ3n) is 3.73. The number of phenolic OH excluding ortho intramolecular Hbond substituents is 1. The summed E-state index contributed by atoms with van der Waals surface area (Å²) in [6.07, 6.45) is 0. The van der Waals surface area contributed by atoms with Crippen molar-refractivity contribution in [2.24, 2.45) is 0 Å². The number of hydrogen-bond donors (Lipinski definition) is 1. The number of phenols is 1. The molecular formula is C18H16FNO2. The van der Waals surface area contributed by atoms with E-state index in [9.17, 15) is 9.50 Å². The predicted octanol–water partition coefficient (Wildman–Crippen LogP) is 4.37. The number of hydrogen-bond acceptors (Lipinski definition) is 3. The second kappa shape index (κ2) is 5.30. The SMILES string of the molecule is COc1ccc(O)cc1-c1cc(C)c2cc(F)cc(C)c2n1. The fourth-order valence-electron chi connectivity index (χ4n) is 2.65. The summed E-state index contributed by atoms with van der Waals surface area (Å²) in [7, 11) is 1.57. The van der Waals surface area contributed by atoms with Gasteiger partial charge in [-0.2, -0.15) is 0 Å². The molecule has 22 heavy (non-hydrogen) atoms. The monoisotopic (exact) mass is 297 g/mol. The van der Waals surface area contributed by atoms with Crippen molar-refractivity contribution in [3.05, 3.63) is 53.3 Å². The first kappa shape index (κ1) is 14.3. The lowest BCUT2D eigenvalue weighted by Crippen LogP contribution is -1.94. The van der Waals surface area contributed by atoms with Gasteiger partial charge in [-0.25, -0.2) is 9.37 Å². The number of pyridine rings is 1. The molecule has 0 saturated heterocycles. The standard InChI is InChI=1S/C18H16FNO2/c1-10-7-16(15-9-13(21)4-5-17(15)22-3)20-18-11(2)6-12(19)8-14(10)18/h4-9,21H,1-3H3. The molecule has 4 heteroatoms. The van der Waals surface area contributed by atoms with Gasteiger partial charge in [-0.15, -0.1) is 0 Å². The van der Waals surface area contributed by atoms with E-state index < -0.39 is 0 Å². The third-order valence-corrected chi connectivity index (χ3v) is 3.73. The third kappa shape index (κ3) is 2.37. The fraction of sp³-hybridized carbons (Fsp3) is 0.167. The lowest BCUT2D eigenvalue weighted by Gasteiger charge is -2.12. The highest BCUT2D eigenvalue weighted by Crippen LogP contribution is 2.34. The van der Waals surface area contributed by atoms with E-state index in [-0.39, 0.29) is 11.6 Å². The Morgan fingerprint density at radius 3 is 2.55 bits per heavy atom. The Morgan fingerprint density at radius 2 is 1.82 bits per heavy atom. The summed E-state index contributed by atoms with van der Waals surface area (Å²) in [5.41, 5.74) is 3.84. The van der Waals surface area contributed by atoms with E-state index in [4.69, 9.17) is 4.74 Å². The Morgan fingerprint density at radius 1 is 1.05 bits per heavy atom. The quantitative estimate of drug-likeness (QED) is 0.763. The molecule has 0 aliphatic carbocycles. The minimum Gasteiger partial charge on any atom is -0.508 e. The van der Waals surface area contributed by atoms with E-state index in [1.54, 1.807) is 25.3 Å². The summed E-state index contributed by atoms with van der Waals surface area (Å²) in [6, 6.07) is 9.72. The number of nitrogens with zero attached hydrogens (tertiary/aromatic N) is 1. The number of methoxy groups -OCH3 is 1. The summed E-state index contributed by atoms with van der Waals surface area (Å²) in [4.78, 5) is 4.64. The molecule has 1 heterocycles. The van der Waals surface area contributed by atoms with Gasteiger partial charge in [0, 0.05) is 10.9 Å². The first-order valence-corrected chi connectivity index (χ1v) is 6.94. The van der Waals surface area contributed by atoms with Gasteiger partial charge in [0.2, 0.25) is 0 Å². The van der Waals surface area contributed by atoms with Gasteiger partial charge in [-0.05, 0) is 61.4 Å². The number of aromatic nitrogens is 1. The number of rotatable bonds is 2. The van der Waals surface area contributed by atoms with Gasteiger partial charge in [0.05, 0.1) is 18.3 Å². The molecule has 0 amide bonds. The maximum Gasteiger partial charge on any atom is 0.128 e. The van der Waals surface area contributed by atoms with Crippen LogP contribution in [0, 0.1) is 19.7 Å². The first-order valence-electron chi connectivity index (χ1n) is 6.94. The van der Waals surface area contributed by atoms with Crippen molar-refractivity contribution in [3.63, 3.8) is 0 Å². The molecule has 3 aromatic rings. The van der Waals surface area contributed by atoms with Crippen molar-refractivity contribution < 1.29 is 14.2 Å². The van der Waals surface area contributed by atoms with Crippen molar-refractivity contribution in [1.82, 2.24) is 4.98 Å². The molecule has 0 spiro atoms. The lowest BCUT2D eigenvalue weighted by molar-refractivity contribution is 0.414. The van der Waals surface area contributed by atoms with Crippen molar-refractivity contribution in [2.75, 3.05) is 7.11 Å². The molecular weight excluding hydrogens is 281 g/mol. The van der Waals surface area contributed by atoms with E-state index in [1.807, 2.05) is 19.9 Å². The molecule has 0 aliphatic rings. The number of halogens is 1. The van der Waals surface area contributed by atoms with Gasteiger partial charge in [0.15, 0.2) is 0 Å². The topological polar surface area (TPSA) is 42.4 Å². The molecule has 0 saturated carbocycles. The number of aryl methyl sites for hydroxylation is 2. The van der Waals surface area contributed by atoms with Crippen LogP contribution in [0.2, 0.25) is 0 Å². The Bertz CT molecular complexity index is 875. The number of aromatic hydroxyl groups is 1. The van der Waals surface area contributed by atoms with Crippen molar-refractivity contribution in [1.29, 1.82) is 0 Å². The van der Waals surface area contributed by atoms with Crippen LogP contribution >= 0.6 is 0 Å². The molecule has 0 atom stereocenters. The number of fused-ring (bicyclic) bond motifs is 1. The molecule has 3 rings (SSSR count). The summed E-state index contributed by atoms with van der Waals surface area (Å²) in [5, 5.41) is 10.5. The average molecular weight is 297 g/mol. The van der Waals surface area contributed by atoms with E-state index >= 15 is 0 Å². The smallest absolute Gasteiger partial charge is 0.128 e. The molecule has 0 bridgehead atoms. The van der Waals surface area contributed by atoms with Crippen LogP contribution in [0.3, 0.4) is 0 Å². The number of benzene rings is 2. The zero-order valence-corrected chi connectivity index (χ0v) is 12.6. The Balaban J connectivity index is 2.31. The van der Waals surface area contributed by atoms with Crippen LogP contribution < -0.4 is 4.74 Å². The zero-order chi connectivity index (χ0) is 15.9. The van der Waals surface area contributed by atoms with Gasteiger partial charge in [0.25, 0.3) is 0 Å². The molecule has 0 unspecified atom stereocenters. The van der Waals surface area contributed by atoms with E-state index in [0.717, 1.165) is 22.0 Å². The predicted molar refractivity (Wildman–Crippen MR) is 84.8 cm³/mol. The number of ether oxygens (including phenoxy) is 1.